The minimum absolute atomic E-state index is 0.106. The van der Waals surface area contributed by atoms with Gasteiger partial charge in [-0.15, -0.1) is 11.8 Å². The first-order chi connectivity index (χ1) is 16.9. The van der Waals surface area contributed by atoms with Gasteiger partial charge in [0.15, 0.2) is 5.75 Å². The molecule has 35 heavy (non-hydrogen) atoms. The van der Waals surface area contributed by atoms with Crippen molar-refractivity contribution in [2.24, 2.45) is 0 Å². The van der Waals surface area contributed by atoms with E-state index in [1.165, 1.54) is 32.0 Å². The molecule has 0 aliphatic heterocycles. The van der Waals surface area contributed by atoms with Crippen molar-refractivity contribution in [2.45, 2.75) is 5.75 Å². The van der Waals surface area contributed by atoms with Crippen molar-refractivity contribution in [3.8, 4) is 17.6 Å². The summed E-state index contributed by atoms with van der Waals surface area (Å²) >= 11 is 1.34. The fourth-order valence-corrected chi connectivity index (χ4v) is 3.86. The van der Waals surface area contributed by atoms with Gasteiger partial charge >= 0.3 is 11.7 Å². The van der Waals surface area contributed by atoms with Crippen LogP contribution in [0.2, 0.25) is 0 Å². The van der Waals surface area contributed by atoms with Crippen LogP contribution in [0.1, 0.15) is 27.0 Å². The Labute approximate surface area is 206 Å². The third kappa shape index (κ3) is 7.35. The van der Waals surface area contributed by atoms with Gasteiger partial charge in [0, 0.05) is 28.6 Å². The number of ether oxygens (including phenoxy) is 2. The molecular formula is C26H22N2O6S. The number of nitrogens with zero attached hydrogens (tertiary/aromatic N) is 1. The summed E-state index contributed by atoms with van der Waals surface area (Å²) in [5.74, 6) is 6.21. The summed E-state index contributed by atoms with van der Waals surface area (Å²) in [6.07, 6.45) is 0. The lowest BCUT2D eigenvalue weighted by Crippen LogP contribution is -2.14. The fraction of sp³-hybridized carbons (Fsp3) is 0.154. The molecule has 1 N–H and O–H groups in total. The Morgan fingerprint density at radius 3 is 2.40 bits per heavy atom. The van der Waals surface area contributed by atoms with E-state index in [1.54, 1.807) is 54.6 Å². The second kappa shape index (κ2) is 12.3. The van der Waals surface area contributed by atoms with Gasteiger partial charge in [-0.3, -0.25) is 14.9 Å². The Balaban J connectivity index is 1.57. The van der Waals surface area contributed by atoms with Crippen LogP contribution >= 0.6 is 11.8 Å². The van der Waals surface area contributed by atoms with E-state index in [2.05, 4.69) is 17.2 Å². The number of hydrogen-bond donors (Lipinski definition) is 1. The van der Waals surface area contributed by atoms with Crippen LogP contribution in [0.4, 0.5) is 11.4 Å². The Morgan fingerprint density at radius 1 is 1.00 bits per heavy atom. The summed E-state index contributed by atoms with van der Waals surface area (Å²) in [5, 5.41) is 14.0. The molecule has 3 rings (SSSR count). The Bertz CT molecular complexity index is 1310. The predicted molar refractivity (Wildman–Crippen MR) is 135 cm³/mol. The molecule has 1 amide bonds. The van der Waals surface area contributed by atoms with E-state index in [-0.39, 0.29) is 23.1 Å². The van der Waals surface area contributed by atoms with Crippen LogP contribution in [0.25, 0.3) is 0 Å². The highest BCUT2D eigenvalue weighted by molar-refractivity contribution is 7.99. The van der Waals surface area contributed by atoms with E-state index < -0.39 is 10.9 Å². The van der Waals surface area contributed by atoms with Crippen LogP contribution in [-0.2, 0) is 15.3 Å². The van der Waals surface area contributed by atoms with Crippen LogP contribution in [0.5, 0.6) is 5.75 Å². The molecule has 0 saturated heterocycles. The zero-order chi connectivity index (χ0) is 25.2. The van der Waals surface area contributed by atoms with Gasteiger partial charge in [-0.25, -0.2) is 4.79 Å². The molecule has 178 valence electrons. The lowest BCUT2D eigenvalue weighted by molar-refractivity contribution is -0.385. The highest BCUT2D eigenvalue weighted by atomic mass is 32.2. The number of amides is 1. The maximum Gasteiger partial charge on any atom is 0.337 e. The molecule has 0 aromatic heterocycles. The molecule has 9 heteroatoms. The summed E-state index contributed by atoms with van der Waals surface area (Å²) in [6, 6.07) is 18.7. The monoisotopic (exact) mass is 490 g/mol. The topological polar surface area (TPSA) is 108 Å². The molecule has 0 aliphatic carbocycles. The van der Waals surface area contributed by atoms with Crippen LogP contribution < -0.4 is 10.1 Å². The van der Waals surface area contributed by atoms with Gasteiger partial charge < -0.3 is 14.8 Å². The molecule has 8 nitrogen and oxygen atoms in total. The SMILES string of the molecule is COC(=O)c1cccc(C#Cc2cccc(NC(=O)CSCc3ccc(OC)c([N+](=O)[O-])c3)c2)c1. The molecule has 3 aromatic rings. The number of hydrogen-bond acceptors (Lipinski definition) is 7. The summed E-state index contributed by atoms with van der Waals surface area (Å²) in [7, 11) is 2.70. The number of thioether (sulfide) groups is 1. The molecule has 0 spiro atoms. The highest BCUT2D eigenvalue weighted by Crippen LogP contribution is 2.29. The van der Waals surface area contributed by atoms with Crippen molar-refractivity contribution in [3.05, 3.63) is 99.1 Å². The van der Waals surface area contributed by atoms with Crippen LogP contribution in [-0.4, -0.2) is 36.8 Å². The molecule has 0 saturated carbocycles. The minimum Gasteiger partial charge on any atom is -0.490 e. The second-order valence-corrected chi connectivity index (χ2v) is 8.19. The maximum absolute atomic E-state index is 12.4. The van der Waals surface area contributed by atoms with Gasteiger partial charge in [0.05, 0.1) is 30.5 Å². The molecule has 3 aromatic carbocycles. The van der Waals surface area contributed by atoms with Gasteiger partial charge in [0.1, 0.15) is 0 Å². The zero-order valence-electron chi connectivity index (χ0n) is 19.1. The fourth-order valence-electron chi connectivity index (χ4n) is 3.09. The third-order valence-electron chi connectivity index (χ3n) is 4.72. The van der Waals surface area contributed by atoms with E-state index in [0.29, 0.717) is 28.1 Å². The molecule has 0 atom stereocenters. The van der Waals surface area contributed by atoms with E-state index >= 15 is 0 Å². The van der Waals surface area contributed by atoms with E-state index in [9.17, 15) is 19.7 Å². The zero-order valence-corrected chi connectivity index (χ0v) is 19.9. The van der Waals surface area contributed by atoms with Gasteiger partial charge in [-0.1, -0.05) is 30.0 Å². The molecule has 0 fully saturated rings. The van der Waals surface area contributed by atoms with Crippen molar-refractivity contribution in [3.63, 3.8) is 0 Å². The van der Waals surface area contributed by atoms with Crippen molar-refractivity contribution >= 4 is 35.0 Å². The Hall–Kier alpha value is -4.29. The maximum atomic E-state index is 12.4. The smallest absolute Gasteiger partial charge is 0.337 e. The number of benzene rings is 3. The number of rotatable bonds is 8. The normalized spacial score (nSPS) is 10.0. The van der Waals surface area contributed by atoms with Crippen molar-refractivity contribution in [1.82, 2.24) is 0 Å². The number of carbonyl (C=O) groups excluding carboxylic acids is 2. The number of nitro groups is 1. The van der Waals surface area contributed by atoms with Crippen LogP contribution in [0.15, 0.2) is 66.7 Å². The third-order valence-corrected chi connectivity index (χ3v) is 5.73. The summed E-state index contributed by atoms with van der Waals surface area (Å²) in [4.78, 5) is 34.7. The molecule has 0 unspecified atom stereocenters. The first kappa shape index (κ1) is 25.3. The molecule has 0 radical (unpaired) electrons. The van der Waals surface area contributed by atoms with Crippen molar-refractivity contribution in [1.29, 1.82) is 0 Å². The van der Waals surface area contributed by atoms with E-state index in [1.807, 2.05) is 6.07 Å². The van der Waals surface area contributed by atoms with Gasteiger partial charge in [-0.05, 0) is 48.0 Å². The van der Waals surface area contributed by atoms with Crippen molar-refractivity contribution < 1.29 is 24.0 Å². The first-order valence-electron chi connectivity index (χ1n) is 10.4. The van der Waals surface area contributed by atoms with Crippen LogP contribution in [0, 0.1) is 22.0 Å². The number of carbonyl (C=O) groups is 2. The molecule has 0 heterocycles. The Kier molecular flexibility index (Phi) is 8.87. The predicted octanol–water partition coefficient (Wildman–Crippen LogP) is 4.66. The molecular weight excluding hydrogens is 468 g/mol. The Morgan fingerprint density at radius 2 is 1.71 bits per heavy atom. The van der Waals surface area contributed by atoms with Gasteiger partial charge in [-0.2, -0.15) is 0 Å². The highest BCUT2D eigenvalue weighted by Gasteiger charge is 2.15. The van der Waals surface area contributed by atoms with Gasteiger partial charge in [0.2, 0.25) is 5.91 Å². The number of nitro benzene ring substituents is 1. The average molecular weight is 491 g/mol. The standard InChI is InChI=1S/C26H22N2O6S/c1-33-24-12-11-20(15-23(24)28(31)32)16-35-17-25(29)27-22-8-4-6-19(14-22)10-9-18-5-3-7-21(13-18)26(30)34-2/h3-8,11-15H,16-17H2,1-2H3,(H,27,29). The lowest BCUT2D eigenvalue weighted by Gasteiger charge is -2.07. The number of methoxy groups -OCH3 is 2. The van der Waals surface area contributed by atoms with Crippen molar-refractivity contribution in [2.75, 3.05) is 25.3 Å². The lowest BCUT2D eigenvalue weighted by atomic mass is 10.1. The average Bonchev–Trinajstić information content (AvgIpc) is 2.87. The first-order valence-corrected chi connectivity index (χ1v) is 11.5. The van der Waals surface area contributed by atoms with Gasteiger partial charge in [0.25, 0.3) is 0 Å². The quantitative estimate of drug-likeness (QED) is 0.212. The largest absolute Gasteiger partial charge is 0.490 e. The summed E-state index contributed by atoms with van der Waals surface area (Å²) in [5.41, 5.74) is 3.00. The summed E-state index contributed by atoms with van der Waals surface area (Å²) < 4.78 is 9.72. The number of anilines is 1. The molecule has 0 aliphatic rings. The van der Waals surface area contributed by atoms with E-state index in [4.69, 9.17) is 9.47 Å². The van der Waals surface area contributed by atoms with Crippen LogP contribution in [0.3, 0.4) is 0 Å². The summed E-state index contributed by atoms with van der Waals surface area (Å²) in [6.45, 7) is 0. The second-order valence-electron chi connectivity index (χ2n) is 7.21. The number of nitrogens with one attached hydrogen (secondary N) is 1. The number of esters is 1. The van der Waals surface area contributed by atoms with E-state index in [0.717, 1.165) is 5.56 Å². The minimum atomic E-state index is -0.495. The molecule has 0 bridgehead atoms.